The Hall–Kier alpha value is -2.63. The summed E-state index contributed by atoms with van der Waals surface area (Å²) in [5, 5.41) is 0.684. The van der Waals surface area contributed by atoms with Gasteiger partial charge in [0.05, 0.1) is 5.52 Å². The quantitative estimate of drug-likeness (QED) is 0.801. The van der Waals surface area contributed by atoms with E-state index in [1.807, 2.05) is 0 Å². The summed E-state index contributed by atoms with van der Waals surface area (Å²) in [6, 6.07) is 8.46. The van der Waals surface area contributed by atoms with Gasteiger partial charge in [0.2, 0.25) is 0 Å². The van der Waals surface area contributed by atoms with Crippen LogP contribution in [0.5, 0.6) is 5.75 Å². The third-order valence-electron chi connectivity index (χ3n) is 2.30. The third-order valence-corrected chi connectivity index (χ3v) is 2.30. The molecule has 92 valence electrons. The fourth-order valence-corrected chi connectivity index (χ4v) is 1.54. The van der Waals surface area contributed by atoms with Crippen molar-refractivity contribution in [1.29, 1.82) is 0 Å². The standard InChI is InChI=1S/C12H11N3O3/c13-11(16)6-18-10-5-9(12(14)17)15-8-4-2-1-3-7(8)10/h1-5H,6H2,(H2,13,16)(H2,14,17). The lowest BCUT2D eigenvalue weighted by molar-refractivity contribution is -0.119. The maximum atomic E-state index is 11.1. The van der Waals surface area contributed by atoms with E-state index in [4.69, 9.17) is 16.2 Å². The summed E-state index contributed by atoms with van der Waals surface area (Å²) in [7, 11) is 0. The number of carbonyl (C=O) groups is 2. The minimum absolute atomic E-state index is 0.0770. The molecule has 2 rings (SSSR count). The van der Waals surface area contributed by atoms with Crippen LogP contribution in [0.2, 0.25) is 0 Å². The highest BCUT2D eigenvalue weighted by Gasteiger charge is 2.10. The number of ether oxygens (including phenoxy) is 1. The lowest BCUT2D eigenvalue weighted by Crippen LogP contribution is -2.20. The average molecular weight is 245 g/mol. The first kappa shape index (κ1) is 11.8. The number of nitrogens with two attached hydrogens (primary N) is 2. The highest BCUT2D eigenvalue weighted by atomic mass is 16.5. The summed E-state index contributed by atoms with van der Waals surface area (Å²) < 4.78 is 5.25. The Balaban J connectivity index is 2.53. The van der Waals surface area contributed by atoms with Crippen molar-refractivity contribution >= 4 is 22.7 Å². The molecule has 0 saturated heterocycles. The van der Waals surface area contributed by atoms with Crippen LogP contribution in [-0.2, 0) is 4.79 Å². The van der Waals surface area contributed by atoms with Crippen molar-refractivity contribution in [3.8, 4) is 5.75 Å². The molecule has 1 aromatic heterocycles. The second kappa shape index (κ2) is 4.70. The number of para-hydroxylation sites is 1. The minimum Gasteiger partial charge on any atom is -0.483 e. The van der Waals surface area contributed by atoms with Gasteiger partial charge in [0.15, 0.2) is 6.61 Å². The molecule has 6 heteroatoms. The molecule has 0 aliphatic carbocycles. The molecule has 4 N–H and O–H groups in total. The summed E-state index contributed by atoms with van der Waals surface area (Å²) in [5.74, 6) is -0.908. The van der Waals surface area contributed by atoms with Crippen molar-refractivity contribution in [3.05, 3.63) is 36.0 Å². The second-order valence-corrected chi connectivity index (χ2v) is 3.64. The minimum atomic E-state index is -0.662. The summed E-state index contributed by atoms with van der Waals surface area (Å²) in [4.78, 5) is 26.0. The molecule has 0 aliphatic heterocycles. The number of hydrogen-bond acceptors (Lipinski definition) is 4. The summed E-state index contributed by atoms with van der Waals surface area (Å²) >= 11 is 0. The molecule has 6 nitrogen and oxygen atoms in total. The number of rotatable bonds is 4. The molecule has 2 aromatic rings. The molecule has 0 saturated carbocycles. The van der Waals surface area contributed by atoms with E-state index in [-0.39, 0.29) is 12.3 Å². The SMILES string of the molecule is NC(=O)COc1cc(C(N)=O)nc2ccccc12. The first-order valence-electron chi connectivity index (χ1n) is 5.18. The normalized spacial score (nSPS) is 10.2. The van der Waals surface area contributed by atoms with Gasteiger partial charge in [-0.1, -0.05) is 12.1 Å². The van der Waals surface area contributed by atoms with E-state index in [0.717, 1.165) is 0 Å². The van der Waals surface area contributed by atoms with Gasteiger partial charge in [0, 0.05) is 11.5 Å². The summed E-state index contributed by atoms with van der Waals surface area (Å²) in [6.45, 7) is -0.272. The van der Waals surface area contributed by atoms with Gasteiger partial charge in [-0.25, -0.2) is 4.98 Å². The van der Waals surface area contributed by atoms with Gasteiger partial charge in [-0.3, -0.25) is 9.59 Å². The second-order valence-electron chi connectivity index (χ2n) is 3.64. The molecule has 2 amide bonds. The van der Waals surface area contributed by atoms with Crippen LogP contribution in [0.15, 0.2) is 30.3 Å². The smallest absolute Gasteiger partial charge is 0.267 e. The van der Waals surface area contributed by atoms with Crippen molar-refractivity contribution in [2.75, 3.05) is 6.61 Å². The molecule has 1 heterocycles. The van der Waals surface area contributed by atoms with Crippen molar-refractivity contribution in [3.63, 3.8) is 0 Å². The fraction of sp³-hybridized carbons (Fsp3) is 0.0833. The zero-order valence-electron chi connectivity index (χ0n) is 9.42. The highest BCUT2D eigenvalue weighted by Crippen LogP contribution is 2.25. The first-order valence-corrected chi connectivity index (χ1v) is 5.18. The van der Waals surface area contributed by atoms with Gasteiger partial charge in [0.1, 0.15) is 11.4 Å². The van der Waals surface area contributed by atoms with Crippen molar-refractivity contribution in [2.24, 2.45) is 11.5 Å². The van der Waals surface area contributed by atoms with E-state index in [2.05, 4.69) is 4.98 Å². The summed E-state index contributed by atoms with van der Waals surface area (Å²) in [6.07, 6.45) is 0. The number of hydrogen-bond donors (Lipinski definition) is 2. The predicted octanol–water partition coefficient (Wildman–Crippen LogP) is 0.198. The number of nitrogens with zero attached hydrogens (tertiary/aromatic N) is 1. The van der Waals surface area contributed by atoms with Crippen molar-refractivity contribution < 1.29 is 14.3 Å². The molecule has 0 bridgehead atoms. The van der Waals surface area contributed by atoms with Crippen LogP contribution in [-0.4, -0.2) is 23.4 Å². The van der Waals surface area contributed by atoms with Crippen LogP contribution in [0.1, 0.15) is 10.5 Å². The van der Waals surface area contributed by atoms with Gasteiger partial charge in [-0.05, 0) is 12.1 Å². The Morgan fingerprint density at radius 1 is 1.22 bits per heavy atom. The zero-order chi connectivity index (χ0) is 13.1. The predicted molar refractivity (Wildman–Crippen MR) is 65.0 cm³/mol. The Bertz CT molecular complexity index is 625. The van der Waals surface area contributed by atoms with E-state index in [9.17, 15) is 9.59 Å². The molecule has 0 fully saturated rings. The maximum Gasteiger partial charge on any atom is 0.267 e. The average Bonchev–Trinajstić information content (AvgIpc) is 2.35. The topological polar surface area (TPSA) is 108 Å². The lowest BCUT2D eigenvalue weighted by atomic mass is 10.2. The Morgan fingerprint density at radius 2 is 1.94 bits per heavy atom. The highest BCUT2D eigenvalue weighted by molar-refractivity contribution is 5.96. The molecule has 0 aliphatic rings. The fourth-order valence-electron chi connectivity index (χ4n) is 1.54. The van der Waals surface area contributed by atoms with E-state index >= 15 is 0 Å². The lowest BCUT2D eigenvalue weighted by Gasteiger charge is -2.08. The molecule has 0 atom stereocenters. The third kappa shape index (κ3) is 2.37. The molecule has 0 radical (unpaired) electrons. The van der Waals surface area contributed by atoms with Gasteiger partial charge in [0.25, 0.3) is 11.8 Å². The number of amides is 2. The Labute approximate surface area is 103 Å². The first-order chi connectivity index (χ1) is 8.58. The molecule has 0 spiro atoms. The number of primary amides is 2. The summed E-state index contributed by atoms with van der Waals surface area (Å²) in [5.41, 5.74) is 10.8. The molecular formula is C12H11N3O3. The van der Waals surface area contributed by atoms with Crippen molar-refractivity contribution in [1.82, 2.24) is 4.98 Å². The van der Waals surface area contributed by atoms with Crippen LogP contribution in [0.3, 0.4) is 0 Å². The Morgan fingerprint density at radius 3 is 2.61 bits per heavy atom. The van der Waals surface area contributed by atoms with E-state index in [1.165, 1.54) is 6.07 Å². The monoisotopic (exact) mass is 245 g/mol. The zero-order valence-corrected chi connectivity index (χ0v) is 9.42. The number of carbonyl (C=O) groups excluding carboxylic acids is 2. The Kier molecular flexibility index (Phi) is 3.09. The van der Waals surface area contributed by atoms with Crippen LogP contribution >= 0.6 is 0 Å². The number of aromatic nitrogens is 1. The van der Waals surface area contributed by atoms with E-state index in [0.29, 0.717) is 16.7 Å². The van der Waals surface area contributed by atoms with Gasteiger partial charge in [-0.15, -0.1) is 0 Å². The van der Waals surface area contributed by atoms with Crippen LogP contribution < -0.4 is 16.2 Å². The van der Waals surface area contributed by atoms with E-state index in [1.54, 1.807) is 24.3 Å². The molecule has 0 unspecified atom stereocenters. The molecule has 1 aromatic carbocycles. The number of fused-ring (bicyclic) bond motifs is 1. The number of pyridine rings is 1. The van der Waals surface area contributed by atoms with Crippen LogP contribution in [0.4, 0.5) is 0 Å². The molecule has 18 heavy (non-hydrogen) atoms. The maximum absolute atomic E-state index is 11.1. The van der Waals surface area contributed by atoms with Gasteiger partial charge >= 0.3 is 0 Å². The van der Waals surface area contributed by atoms with Gasteiger partial charge in [-0.2, -0.15) is 0 Å². The molecular weight excluding hydrogens is 234 g/mol. The number of benzene rings is 1. The largest absolute Gasteiger partial charge is 0.483 e. The van der Waals surface area contributed by atoms with Crippen LogP contribution in [0, 0.1) is 0 Å². The van der Waals surface area contributed by atoms with Crippen LogP contribution in [0.25, 0.3) is 10.9 Å². The van der Waals surface area contributed by atoms with E-state index < -0.39 is 11.8 Å². The van der Waals surface area contributed by atoms with Crippen molar-refractivity contribution in [2.45, 2.75) is 0 Å². The van der Waals surface area contributed by atoms with Gasteiger partial charge < -0.3 is 16.2 Å².